The van der Waals surface area contributed by atoms with Gasteiger partial charge in [-0.05, 0) is 48.8 Å². The van der Waals surface area contributed by atoms with Gasteiger partial charge in [0.05, 0.1) is 6.42 Å². The summed E-state index contributed by atoms with van der Waals surface area (Å²) in [6.07, 6.45) is 6.28. The zero-order valence-corrected chi connectivity index (χ0v) is 16.6. The van der Waals surface area contributed by atoms with E-state index in [-0.39, 0.29) is 22.2 Å². The van der Waals surface area contributed by atoms with E-state index in [1.54, 1.807) is 6.08 Å². The quantitative estimate of drug-likeness (QED) is 0.598. The highest BCUT2D eigenvalue weighted by Gasteiger charge is 2.38. The summed E-state index contributed by atoms with van der Waals surface area (Å²) in [5.41, 5.74) is 1.92. The highest BCUT2D eigenvalue weighted by molar-refractivity contribution is 8.16. The Morgan fingerprint density at radius 1 is 1.15 bits per heavy atom. The van der Waals surface area contributed by atoms with Crippen LogP contribution in [0.5, 0.6) is 0 Å². The van der Waals surface area contributed by atoms with E-state index in [0.717, 1.165) is 29.2 Å². The lowest BCUT2D eigenvalue weighted by molar-refractivity contribution is -0.137. The third-order valence-electron chi connectivity index (χ3n) is 4.75. The van der Waals surface area contributed by atoms with Crippen LogP contribution in [0, 0.1) is 0 Å². The molecule has 0 spiro atoms. The maximum Gasteiger partial charge on any atom is 0.305 e. The summed E-state index contributed by atoms with van der Waals surface area (Å²) in [6.45, 7) is 2.04. The van der Waals surface area contributed by atoms with Crippen molar-refractivity contribution in [3.8, 4) is 0 Å². The van der Waals surface area contributed by atoms with Crippen molar-refractivity contribution in [2.24, 2.45) is 0 Å². The van der Waals surface area contributed by atoms with Crippen LogP contribution in [0.15, 0.2) is 29.2 Å². The molecule has 1 aromatic carbocycles. The van der Waals surface area contributed by atoms with E-state index in [4.69, 9.17) is 17.3 Å². The molecular formula is C19H22N2O4S2. The molecule has 1 N–H and O–H groups in total. The van der Waals surface area contributed by atoms with Gasteiger partial charge in [0.15, 0.2) is 4.32 Å². The Labute approximate surface area is 166 Å². The molecule has 0 saturated carbocycles. The van der Waals surface area contributed by atoms with E-state index in [1.165, 1.54) is 25.7 Å². The monoisotopic (exact) mass is 406 g/mol. The second-order valence-corrected chi connectivity index (χ2v) is 8.65. The summed E-state index contributed by atoms with van der Waals surface area (Å²) < 4.78 is 12.4. The van der Waals surface area contributed by atoms with Gasteiger partial charge in [-0.3, -0.25) is 14.5 Å². The first-order valence-electron chi connectivity index (χ1n) is 9.03. The molecule has 1 atom stereocenters. The minimum Gasteiger partial charge on any atom is -0.481 e. The van der Waals surface area contributed by atoms with E-state index in [2.05, 4.69) is 4.90 Å². The summed E-state index contributed by atoms with van der Waals surface area (Å²) in [5, 5.41) is 8.79. The van der Waals surface area contributed by atoms with Gasteiger partial charge < -0.3 is 10.0 Å². The molecule has 1 unspecified atom stereocenters. The van der Waals surface area contributed by atoms with Crippen LogP contribution in [0.2, 0.25) is 0 Å². The Morgan fingerprint density at radius 2 is 1.78 bits per heavy atom. The predicted molar refractivity (Wildman–Crippen MR) is 110 cm³/mol. The Kier molecular flexibility index (Phi) is 6.38. The number of carboxylic acids is 1. The topological polar surface area (TPSA) is 77.9 Å². The lowest BCUT2D eigenvalue weighted by atomic mass is 10.1. The standard InChI is InChI=1S/C19H22N2O4S2/c22-17(23)9-12-21-18(24)16(27(25)19(21)26)13-14-5-7-15(8-6-14)20-10-3-1-2-4-11-20/h5-8,13H,1-4,9-12H2,(H,22,23)/b16-13+. The van der Waals surface area contributed by atoms with Crippen LogP contribution in [0.25, 0.3) is 6.08 Å². The first-order chi connectivity index (χ1) is 13.0. The Morgan fingerprint density at radius 3 is 2.37 bits per heavy atom. The van der Waals surface area contributed by atoms with Gasteiger partial charge in [-0.15, -0.1) is 0 Å². The summed E-state index contributed by atoms with van der Waals surface area (Å²) in [4.78, 5) is 26.8. The molecule has 0 aliphatic carbocycles. The Hall–Kier alpha value is -2.06. The Balaban J connectivity index is 1.75. The van der Waals surface area contributed by atoms with E-state index < -0.39 is 22.7 Å². The molecule has 6 nitrogen and oxygen atoms in total. The highest BCUT2D eigenvalue weighted by atomic mass is 32.2. The van der Waals surface area contributed by atoms with E-state index in [9.17, 15) is 13.8 Å². The molecule has 2 saturated heterocycles. The summed E-state index contributed by atoms with van der Waals surface area (Å²) >= 11 is 5.07. The molecule has 8 heteroatoms. The molecule has 1 aromatic rings. The zero-order chi connectivity index (χ0) is 19.4. The lowest BCUT2D eigenvalue weighted by Crippen LogP contribution is -2.31. The first kappa shape index (κ1) is 19.7. The number of anilines is 1. The normalized spacial score (nSPS) is 22.4. The zero-order valence-electron chi connectivity index (χ0n) is 14.9. The van der Waals surface area contributed by atoms with Crippen LogP contribution in [-0.2, 0) is 20.4 Å². The number of rotatable bonds is 5. The third-order valence-corrected chi connectivity index (χ3v) is 6.65. The molecule has 2 fully saturated rings. The highest BCUT2D eigenvalue weighted by Crippen LogP contribution is 2.25. The van der Waals surface area contributed by atoms with E-state index in [0.29, 0.717) is 0 Å². The fourth-order valence-corrected chi connectivity index (χ4v) is 4.78. The average molecular weight is 407 g/mol. The van der Waals surface area contributed by atoms with Crippen LogP contribution < -0.4 is 4.90 Å². The number of hydrogen-bond donors (Lipinski definition) is 1. The van der Waals surface area contributed by atoms with Crippen LogP contribution in [0.4, 0.5) is 5.69 Å². The van der Waals surface area contributed by atoms with Crippen molar-refractivity contribution in [3.63, 3.8) is 0 Å². The number of carbonyl (C=O) groups excluding carboxylic acids is 1. The molecule has 144 valence electrons. The van der Waals surface area contributed by atoms with Crippen LogP contribution in [-0.4, -0.2) is 50.0 Å². The summed E-state index contributed by atoms with van der Waals surface area (Å²) in [7, 11) is -1.73. The van der Waals surface area contributed by atoms with Crippen molar-refractivity contribution >= 4 is 51.0 Å². The number of amides is 1. The van der Waals surface area contributed by atoms with Gasteiger partial charge in [-0.2, -0.15) is 0 Å². The predicted octanol–water partition coefficient (Wildman–Crippen LogP) is 2.76. The van der Waals surface area contributed by atoms with Crippen molar-refractivity contribution in [2.75, 3.05) is 24.5 Å². The number of carboxylic acid groups (broad SMARTS) is 1. The minimum atomic E-state index is -1.73. The van der Waals surface area contributed by atoms with E-state index in [1.807, 2.05) is 24.3 Å². The molecule has 2 aliphatic heterocycles. The first-order valence-corrected chi connectivity index (χ1v) is 10.6. The molecule has 0 radical (unpaired) electrons. The second-order valence-electron chi connectivity index (χ2n) is 6.64. The fourth-order valence-electron chi connectivity index (χ4n) is 3.27. The second kappa shape index (κ2) is 8.75. The molecule has 1 amide bonds. The van der Waals surface area contributed by atoms with Crippen molar-refractivity contribution < 1.29 is 18.9 Å². The smallest absolute Gasteiger partial charge is 0.305 e. The van der Waals surface area contributed by atoms with Crippen molar-refractivity contribution in [3.05, 3.63) is 34.7 Å². The maximum absolute atomic E-state index is 12.5. The Bertz CT molecular complexity index is 796. The van der Waals surface area contributed by atoms with Gasteiger partial charge in [0.25, 0.3) is 5.91 Å². The van der Waals surface area contributed by atoms with E-state index >= 15 is 0 Å². The SMILES string of the molecule is O=C(O)CCN1C(=O)/C(=C\c2ccc(N3CCCCCC3)cc2)S(=O)C1=S. The van der Waals surface area contributed by atoms with Gasteiger partial charge >= 0.3 is 5.97 Å². The number of carbonyl (C=O) groups is 2. The maximum atomic E-state index is 12.5. The van der Waals surface area contributed by atoms with Crippen molar-refractivity contribution in [1.29, 1.82) is 0 Å². The van der Waals surface area contributed by atoms with Crippen molar-refractivity contribution in [1.82, 2.24) is 4.90 Å². The fraction of sp³-hybridized carbons (Fsp3) is 0.421. The number of hydrogen-bond acceptors (Lipinski definition) is 5. The molecule has 0 bridgehead atoms. The molecule has 0 aromatic heterocycles. The van der Waals surface area contributed by atoms with Crippen LogP contribution >= 0.6 is 12.2 Å². The molecule has 2 aliphatic rings. The molecule has 3 rings (SSSR count). The molecule has 27 heavy (non-hydrogen) atoms. The number of nitrogens with zero attached hydrogens (tertiary/aromatic N) is 2. The van der Waals surface area contributed by atoms with Gasteiger partial charge in [-0.25, -0.2) is 4.21 Å². The van der Waals surface area contributed by atoms with Gasteiger partial charge in [0.1, 0.15) is 15.7 Å². The van der Waals surface area contributed by atoms with Gasteiger partial charge in [0.2, 0.25) is 0 Å². The summed E-state index contributed by atoms with van der Waals surface area (Å²) in [6, 6.07) is 7.84. The number of benzene rings is 1. The number of thiocarbonyl (C=S) groups is 1. The number of aliphatic carboxylic acids is 1. The molecule has 2 heterocycles. The molecular weight excluding hydrogens is 384 g/mol. The minimum absolute atomic E-state index is 0.0197. The summed E-state index contributed by atoms with van der Waals surface area (Å²) in [5.74, 6) is -1.51. The van der Waals surface area contributed by atoms with Crippen LogP contribution in [0.1, 0.15) is 37.7 Å². The average Bonchev–Trinajstić information content (AvgIpc) is 2.87. The van der Waals surface area contributed by atoms with Gasteiger partial charge in [-0.1, -0.05) is 25.0 Å². The lowest BCUT2D eigenvalue weighted by Gasteiger charge is -2.22. The largest absolute Gasteiger partial charge is 0.481 e. The van der Waals surface area contributed by atoms with Crippen molar-refractivity contribution in [2.45, 2.75) is 32.1 Å². The van der Waals surface area contributed by atoms with Crippen LogP contribution in [0.3, 0.4) is 0 Å². The third kappa shape index (κ3) is 4.62. The van der Waals surface area contributed by atoms with Gasteiger partial charge in [0, 0.05) is 25.3 Å².